The molecule has 0 aromatic heterocycles. The fourth-order valence-corrected chi connectivity index (χ4v) is 1.44. The Morgan fingerprint density at radius 1 is 1.28 bits per heavy atom. The standard InChI is InChI=1S/C14H19NO3/c1-9(15-13(18)14(2,3)4)10-6-5-7-11(8-10)12(16)17/h5-9H,1-4H3,(H,15,18)(H,16,17)/t9-/m0/s1. The van der Waals surface area contributed by atoms with E-state index < -0.39 is 11.4 Å². The van der Waals surface area contributed by atoms with Crippen LogP contribution in [0.2, 0.25) is 0 Å². The van der Waals surface area contributed by atoms with Crippen molar-refractivity contribution in [2.24, 2.45) is 5.41 Å². The molecule has 0 unspecified atom stereocenters. The number of carbonyl (C=O) groups excluding carboxylic acids is 1. The number of carbonyl (C=O) groups is 2. The summed E-state index contributed by atoms with van der Waals surface area (Å²) in [7, 11) is 0. The van der Waals surface area contributed by atoms with Crippen molar-refractivity contribution in [2.45, 2.75) is 33.7 Å². The van der Waals surface area contributed by atoms with Crippen molar-refractivity contribution in [1.29, 1.82) is 0 Å². The average molecular weight is 249 g/mol. The summed E-state index contributed by atoms with van der Waals surface area (Å²) in [6.45, 7) is 7.35. The van der Waals surface area contributed by atoms with Crippen LogP contribution in [0.4, 0.5) is 0 Å². The summed E-state index contributed by atoms with van der Waals surface area (Å²) in [6, 6.07) is 6.38. The molecule has 0 saturated carbocycles. The van der Waals surface area contributed by atoms with E-state index in [9.17, 15) is 9.59 Å². The molecule has 0 fully saturated rings. The van der Waals surface area contributed by atoms with E-state index >= 15 is 0 Å². The molecule has 1 amide bonds. The molecule has 4 heteroatoms. The zero-order valence-corrected chi connectivity index (χ0v) is 11.2. The van der Waals surface area contributed by atoms with Crippen molar-refractivity contribution in [3.05, 3.63) is 35.4 Å². The predicted molar refractivity (Wildman–Crippen MR) is 69.4 cm³/mol. The Bertz CT molecular complexity index is 460. The lowest BCUT2D eigenvalue weighted by Gasteiger charge is -2.22. The van der Waals surface area contributed by atoms with Crippen LogP contribution >= 0.6 is 0 Å². The molecule has 4 nitrogen and oxygen atoms in total. The van der Waals surface area contributed by atoms with Crippen LogP contribution < -0.4 is 5.32 Å². The van der Waals surface area contributed by atoms with Crippen molar-refractivity contribution in [3.63, 3.8) is 0 Å². The second kappa shape index (κ2) is 5.21. The second-order valence-electron chi connectivity index (χ2n) is 5.38. The van der Waals surface area contributed by atoms with Crippen LogP contribution in [-0.4, -0.2) is 17.0 Å². The lowest BCUT2D eigenvalue weighted by molar-refractivity contribution is -0.129. The highest BCUT2D eigenvalue weighted by atomic mass is 16.4. The maximum Gasteiger partial charge on any atom is 0.335 e. The van der Waals surface area contributed by atoms with Crippen LogP contribution in [0.1, 0.15) is 49.7 Å². The quantitative estimate of drug-likeness (QED) is 0.865. The Morgan fingerprint density at radius 2 is 1.89 bits per heavy atom. The summed E-state index contributed by atoms with van der Waals surface area (Å²) in [5.41, 5.74) is 0.551. The Balaban J connectivity index is 2.85. The van der Waals surface area contributed by atoms with Gasteiger partial charge in [0.2, 0.25) is 5.91 Å². The van der Waals surface area contributed by atoms with Gasteiger partial charge in [-0.2, -0.15) is 0 Å². The molecule has 1 aromatic rings. The summed E-state index contributed by atoms with van der Waals surface area (Å²) in [6.07, 6.45) is 0. The van der Waals surface area contributed by atoms with Crippen LogP contribution in [0.5, 0.6) is 0 Å². The minimum atomic E-state index is -0.966. The van der Waals surface area contributed by atoms with E-state index in [0.29, 0.717) is 0 Å². The Morgan fingerprint density at radius 3 is 2.39 bits per heavy atom. The molecule has 2 N–H and O–H groups in total. The Labute approximate surface area is 107 Å². The zero-order chi connectivity index (χ0) is 13.9. The zero-order valence-electron chi connectivity index (χ0n) is 11.2. The minimum absolute atomic E-state index is 0.0595. The van der Waals surface area contributed by atoms with Gasteiger partial charge in [-0.1, -0.05) is 32.9 Å². The molecule has 1 rings (SSSR count). The van der Waals surface area contributed by atoms with Gasteiger partial charge in [-0.05, 0) is 24.6 Å². The predicted octanol–water partition coefficient (Wildman–Crippen LogP) is 2.61. The normalized spacial score (nSPS) is 12.9. The number of amides is 1. The maximum absolute atomic E-state index is 11.8. The Hall–Kier alpha value is -1.84. The lowest BCUT2D eigenvalue weighted by Crippen LogP contribution is -2.36. The smallest absolute Gasteiger partial charge is 0.335 e. The largest absolute Gasteiger partial charge is 0.478 e. The van der Waals surface area contributed by atoms with Gasteiger partial charge in [-0.15, -0.1) is 0 Å². The van der Waals surface area contributed by atoms with E-state index in [4.69, 9.17) is 5.11 Å². The molecular formula is C14H19NO3. The van der Waals surface area contributed by atoms with Gasteiger partial charge in [0.1, 0.15) is 0 Å². The van der Waals surface area contributed by atoms with Crippen LogP contribution in [0.3, 0.4) is 0 Å². The molecular weight excluding hydrogens is 230 g/mol. The van der Waals surface area contributed by atoms with Gasteiger partial charge >= 0.3 is 5.97 Å². The van der Waals surface area contributed by atoms with Gasteiger partial charge in [0.15, 0.2) is 0 Å². The number of carboxylic acid groups (broad SMARTS) is 1. The molecule has 0 heterocycles. The first-order chi connectivity index (χ1) is 8.21. The van der Waals surface area contributed by atoms with E-state index in [2.05, 4.69) is 5.32 Å². The number of aromatic carboxylic acids is 1. The first kappa shape index (κ1) is 14.2. The molecule has 0 aliphatic carbocycles. The minimum Gasteiger partial charge on any atom is -0.478 e. The first-order valence-electron chi connectivity index (χ1n) is 5.86. The van der Waals surface area contributed by atoms with Gasteiger partial charge in [-0.3, -0.25) is 4.79 Å². The van der Waals surface area contributed by atoms with Gasteiger partial charge in [0, 0.05) is 5.41 Å². The lowest BCUT2D eigenvalue weighted by atomic mass is 9.94. The SMILES string of the molecule is C[C@H](NC(=O)C(C)(C)C)c1cccc(C(=O)O)c1. The molecule has 0 radical (unpaired) electrons. The van der Waals surface area contributed by atoms with Gasteiger partial charge in [0.05, 0.1) is 11.6 Å². The van der Waals surface area contributed by atoms with E-state index in [1.807, 2.05) is 27.7 Å². The van der Waals surface area contributed by atoms with Gasteiger partial charge in [0.25, 0.3) is 0 Å². The van der Waals surface area contributed by atoms with Crippen molar-refractivity contribution in [3.8, 4) is 0 Å². The summed E-state index contributed by atoms with van der Waals surface area (Å²) in [5.74, 6) is -1.03. The first-order valence-corrected chi connectivity index (χ1v) is 5.86. The third-order valence-electron chi connectivity index (χ3n) is 2.66. The number of rotatable bonds is 3. The molecule has 0 aliphatic rings. The molecule has 98 valence electrons. The Kier molecular flexibility index (Phi) is 4.11. The average Bonchev–Trinajstić information content (AvgIpc) is 2.27. The molecule has 1 aromatic carbocycles. The highest BCUT2D eigenvalue weighted by Gasteiger charge is 2.23. The third kappa shape index (κ3) is 3.58. The molecule has 18 heavy (non-hydrogen) atoms. The van der Waals surface area contributed by atoms with E-state index in [-0.39, 0.29) is 17.5 Å². The number of hydrogen-bond acceptors (Lipinski definition) is 2. The summed E-state index contributed by atoms with van der Waals surface area (Å²) in [4.78, 5) is 22.7. The molecule has 0 saturated heterocycles. The fraction of sp³-hybridized carbons (Fsp3) is 0.429. The van der Waals surface area contributed by atoms with Crippen molar-refractivity contribution in [2.75, 3.05) is 0 Å². The number of nitrogens with one attached hydrogen (secondary N) is 1. The number of benzene rings is 1. The van der Waals surface area contributed by atoms with Crippen LogP contribution in [-0.2, 0) is 4.79 Å². The van der Waals surface area contributed by atoms with Gasteiger partial charge < -0.3 is 10.4 Å². The van der Waals surface area contributed by atoms with Crippen molar-refractivity contribution in [1.82, 2.24) is 5.32 Å². The number of carboxylic acids is 1. The van der Waals surface area contributed by atoms with E-state index in [1.165, 1.54) is 6.07 Å². The second-order valence-corrected chi connectivity index (χ2v) is 5.38. The highest BCUT2D eigenvalue weighted by molar-refractivity contribution is 5.88. The van der Waals surface area contributed by atoms with Gasteiger partial charge in [-0.25, -0.2) is 4.79 Å². The van der Waals surface area contributed by atoms with E-state index in [1.54, 1.807) is 18.2 Å². The van der Waals surface area contributed by atoms with E-state index in [0.717, 1.165) is 5.56 Å². The van der Waals surface area contributed by atoms with Crippen LogP contribution in [0.15, 0.2) is 24.3 Å². The molecule has 1 atom stereocenters. The molecule has 0 aliphatic heterocycles. The summed E-state index contributed by atoms with van der Waals surface area (Å²) in [5, 5.41) is 11.8. The maximum atomic E-state index is 11.8. The fourth-order valence-electron chi connectivity index (χ4n) is 1.44. The highest BCUT2D eigenvalue weighted by Crippen LogP contribution is 2.18. The third-order valence-corrected chi connectivity index (χ3v) is 2.66. The van der Waals surface area contributed by atoms with Crippen LogP contribution in [0.25, 0.3) is 0 Å². The van der Waals surface area contributed by atoms with Crippen molar-refractivity contribution < 1.29 is 14.7 Å². The summed E-state index contributed by atoms with van der Waals surface area (Å²) < 4.78 is 0. The monoisotopic (exact) mass is 249 g/mol. The topological polar surface area (TPSA) is 66.4 Å². The molecule has 0 spiro atoms. The molecule has 0 bridgehead atoms. The van der Waals surface area contributed by atoms with Crippen molar-refractivity contribution >= 4 is 11.9 Å². The summed E-state index contributed by atoms with van der Waals surface area (Å²) >= 11 is 0. The number of hydrogen-bond donors (Lipinski definition) is 2. The van der Waals surface area contributed by atoms with Crippen LogP contribution in [0, 0.1) is 5.41 Å².